The maximum absolute atomic E-state index is 3.51. The van der Waals surface area contributed by atoms with Crippen molar-refractivity contribution in [3.05, 3.63) is 0 Å². The summed E-state index contributed by atoms with van der Waals surface area (Å²) in [7, 11) is 0. The Balaban J connectivity index is 1.57. The molecule has 3 unspecified atom stereocenters. The first-order valence-electron chi connectivity index (χ1n) is 7.71. The highest BCUT2D eigenvalue weighted by Crippen LogP contribution is 2.59. The average molecular weight is 236 g/mol. The molecule has 3 rings (SSSR count). The third-order valence-corrected chi connectivity index (χ3v) is 5.81. The lowest BCUT2D eigenvalue weighted by Gasteiger charge is -2.30. The summed E-state index contributed by atoms with van der Waals surface area (Å²) in [5.41, 5.74) is 0.770. The monoisotopic (exact) mass is 236 g/mol. The SMILES string of the molecule is CCC1CCC(C)N1CC1CC12CCNCC2. The first kappa shape index (κ1) is 12.0. The lowest BCUT2D eigenvalue weighted by molar-refractivity contribution is 0.172. The Kier molecular flexibility index (Phi) is 3.20. The van der Waals surface area contributed by atoms with E-state index in [1.54, 1.807) is 0 Å². The second-order valence-corrected chi connectivity index (χ2v) is 6.70. The maximum Gasteiger partial charge on any atom is 0.00961 e. The first-order valence-corrected chi connectivity index (χ1v) is 7.71. The summed E-state index contributed by atoms with van der Waals surface area (Å²) in [5.74, 6) is 1.03. The standard InChI is InChI=1S/C15H28N2/c1-3-14-5-4-12(2)17(14)11-13-10-15(13)6-8-16-9-7-15/h12-14,16H,3-11H2,1-2H3. The van der Waals surface area contributed by atoms with Crippen LogP contribution >= 0.6 is 0 Å². The van der Waals surface area contributed by atoms with Gasteiger partial charge >= 0.3 is 0 Å². The van der Waals surface area contributed by atoms with Crippen LogP contribution in [-0.2, 0) is 0 Å². The molecular formula is C15H28N2. The van der Waals surface area contributed by atoms with Gasteiger partial charge in [0.2, 0.25) is 0 Å². The van der Waals surface area contributed by atoms with Crippen molar-refractivity contribution >= 4 is 0 Å². The van der Waals surface area contributed by atoms with E-state index in [9.17, 15) is 0 Å². The molecule has 1 N–H and O–H groups in total. The Morgan fingerprint density at radius 3 is 2.71 bits per heavy atom. The maximum atomic E-state index is 3.51. The van der Waals surface area contributed by atoms with Crippen molar-refractivity contribution in [1.82, 2.24) is 10.2 Å². The average Bonchev–Trinajstić information content (AvgIpc) is 2.86. The van der Waals surface area contributed by atoms with Crippen molar-refractivity contribution in [2.45, 2.75) is 64.5 Å². The summed E-state index contributed by atoms with van der Waals surface area (Å²) in [6.07, 6.45) is 8.63. The van der Waals surface area contributed by atoms with Crippen LogP contribution in [0.25, 0.3) is 0 Å². The van der Waals surface area contributed by atoms with Gasteiger partial charge in [-0.3, -0.25) is 4.90 Å². The number of nitrogens with one attached hydrogen (secondary N) is 1. The van der Waals surface area contributed by atoms with Crippen molar-refractivity contribution in [2.24, 2.45) is 11.3 Å². The van der Waals surface area contributed by atoms with E-state index in [2.05, 4.69) is 24.1 Å². The topological polar surface area (TPSA) is 15.3 Å². The van der Waals surface area contributed by atoms with Crippen LogP contribution in [0.3, 0.4) is 0 Å². The molecule has 2 saturated heterocycles. The minimum absolute atomic E-state index is 0.770. The molecule has 2 nitrogen and oxygen atoms in total. The third-order valence-electron chi connectivity index (χ3n) is 5.81. The Morgan fingerprint density at radius 1 is 1.24 bits per heavy atom. The van der Waals surface area contributed by atoms with Crippen LogP contribution in [0.2, 0.25) is 0 Å². The van der Waals surface area contributed by atoms with Crippen LogP contribution in [0.5, 0.6) is 0 Å². The summed E-state index contributed by atoms with van der Waals surface area (Å²) in [6.45, 7) is 8.74. The Labute approximate surface area is 106 Å². The molecule has 1 aliphatic carbocycles. The van der Waals surface area contributed by atoms with Gasteiger partial charge in [-0.2, -0.15) is 0 Å². The van der Waals surface area contributed by atoms with Gasteiger partial charge in [0.05, 0.1) is 0 Å². The fourth-order valence-electron chi connectivity index (χ4n) is 4.37. The molecule has 0 amide bonds. The fourth-order valence-corrected chi connectivity index (χ4v) is 4.37. The van der Waals surface area contributed by atoms with E-state index in [1.807, 2.05) is 0 Å². The van der Waals surface area contributed by atoms with Gasteiger partial charge < -0.3 is 5.32 Å². The van der Waals surface area contributed by atoms with E-state index in [0.29, 0.717) is 0 Å². The van der Waals surface area contributed by atoms with Crippen LogP contribution in [0.15, 0.2) is 0 Å². The second kappa shape index (κ2) is 4.55. The lowest BCUT2D eigenvalue weighted by atomic mass is 9.91. The zero-order valence-electron chi connectivity index (χ0n) is 11.5. The van der Waals surface area contributed by atoms with E-state index < -0.39 is 0 Å². The van der Waals surface area contributed by atoms with Gasteiger partial charge in [-0.25, -0.2) is 0 Å². The van der Waals surface area contributed by atoms with E-state index in [4.69, 9.17) is 0 Å². The summed E-state index contributed by atoms with van der Waals surface area (Å²) in [6, 6.07) is 1.74. The zero-order chi connectivity index (χ0) is 11.9. The lowest BCUT2D eigenvalue weighted by Crippen LogP contribution is -2.38. The van der Waals surface area contributed by atoms with Crippen molar-refractivity contribution in [2.75, 3.05) is 19.6 Å². The Hall–Kier alpha value is -0.0800. The summed E-state index contributed by atoms with van der Waals surface area (Å²) < 4.78 is 0. The predicted octanol–water partition coefficient (Wildman–Crippen LogP) is 2.64. The van der Waals surface area contributed by atoms with Crippen LogP contribution in [-0.4, -0.2) is 36.6 Å². The molecule has 0 aromatic carbocycles. The molecule has 0 aromatic heterocycles. The second-order valence-electron chi connectivity index (χ2n) is 6.70. The number of hydrogen-bond donors (Lipinski definition) is 1. The largest absolute Gasteiger partial charge is 0.317 e. The molecule has 3 atom stereocenters. The first-order chi connectivity index (χ1) is 8.25. The molecule has 0 radical (unpaired) electrons. The number of hydrogen-bond acceptors (Lipinski definition) is 2. The quantitative estimate of drug-likeness (QED) is 0.810. The molecule has 2 aliphatic heterocycles. The predicted molar refractivity (Wildman–Crippen MR) is 72.1 cm³/mol. The van der Waals surface area contributed by atoms with Crippen LogP contribution in [0, 0.1) is 11.3 Å². The number of nitrogens with zero attached hydrogens (tertiary/aromatic N) is 1. The minimum Gasteiger partial charge on any atom is -0.317 e. The van der Waals surface area contributed by atoms with E-state index in [0.717, 1.165) is 23.4 Å². The van der Waals surface area contributed by atoms with Crippen molar-refractivity contribution in [1.29, 1.82) is 0 Å². The zero-order valence-corrected chi connectivity index (χ0v) is 11.5. The highest BCUT2D eigenvalue weighted by Gasteiger charge is 2.54. The van der Waals surface area contributed by atoms with Gasteiger partial charge in [0.1, 0.15) is 0 Å². The molecule has 17 heavy (non-hydrogen) atoms. The van der Waals surface area contributed by atoms with Gasteiger partial charge in [0, 0.05) is 18.6 Å². The van der Waals surface area contributed by atoms with Crippen molar-refractivity contribution < 1.29 is 0 Å². The van der Waals surface area contributed by atoms with Crippen molar-refractivity contribution in [3.8, 4) is 0 Å². The molecule has 1 spiro atoms. The minimum atomic E-state index is 0.770. The molecular weight excluding hydrogens is 208 g/mol. The van der Waals surface area contributed by atoms with E-state index in [1.165, 1.54) is 58.2 Å². The normalized spacial score (nSPS) is 40.9. The number of likely N-dealkylation sites (tertiary alicyclic amines) is 1. The van der Waals surface area contributed by atoms with Crippen LogP contribution in [0.1, 0.15) is 52.4 Å². The van der Waals surface area contributed by atoms with Gasteiger partial charge in [0.15, 0.2) is 0 Å². The molecule has 1 saturated carbocycles. The highest BCUT2D eigenvalue weighted by molar-refractivity contribution is 5.06. The number of piperidine rings is 1. The molecule has 2 heteroatoms. The van der Waals surface area contributed by atoms with Crippen molar-refractivity contribution in [3.63, 3.8) is 0 Å². The Morgan fingerprint density at radius 2 is 2.00 bits per heavy atom. The molecule has 98 valence electrons. The molecule has 2 heterocycles. The Bertz CT molecular complexity index is 270. The van der Waals surface area contributed by atoms with E-state index >= 15 is 0 Å². The fraction of sp³-hybridized carbons (Fsp3) is 1.00. The van der Waals surface area contributed by atoms with Gasteiger partial charge in [-0.05, 0) is 69.9 Å². The third kappa shape index (κ3) is 2.15. The highest BCUT2D eigenvalue weighted by atomic mass is 15.2. The summed E-state index contributed by atoms with van der Waals surface area (Å²) in [4.78, 5) is 2.83. The van der Waals surface area contributed by atoms with Gasteiger partial charge in [-0.1, -0.05) is 6.92 Å². The molecule has 3 aliphatic rings. The summed E-state index contributed by atoms with van der Waals surface area (Å²) in [5, 5.41) is 3.51. The summed E-state index contributed by atoms with van der Waals surface area (Å²) >= 11 is 0. The molecule has 0 aromatic rings. The van der Waals surface area contributed by atoms with Gasteiger partial charge in [-0.15, -0.1) is 0 Å². The van der Waals surface area contributed by atoms with Crippen LogP contribution < -0.4 is 5.32 Å². The van der Waals surface area contributed by atoms with Crippen LogP contribution in [0.4, 0.5) is 0 Å². The number of rotatable bonds is 3. The molecule has 3 fully saturated rings. The van der Waals surface area contributed by atoms with E-state index in [-0.39, 0.29) is 0 Å². The molecule has 0 bridgehead atoms. The smallest absolute Gasteiger partial charge is 0.00961 e. The van der Waals surface area contributed by atoms with Gasteiger partial charge in [0.25, 0.3) is 0 Å².